The zero-order chi connectivity index (χ0) is 12.8. The van der Waals surface area contributed by atoms with Gasteiger partial charge in [-0.3, -0.25) is 0 Å². The van der Waals surface area contributed by atoms with Gasteiger partial charge in [0, 0.05) is 5.92 Å². The van der Waals surface area contributed by atoms with E-state index in [1.165, 1.54) is 22.3 Å². The molecule has 1 aliphatic rings. The Labute approximate surface area is 106 Å². The van der Waals surface area contributed by atoms with E-state index in [1.54, 1.807) is 0 Å². The molecule has 2 rings (SSSR count). The number of fused-ring (bicyclic) bond motifs is 1. The van der Waals surface area contributed by atoms with E-state index in [1.807, 2.05) is 13.8 Å². The molecule has 92 valence electrons. The Morgan fingerprint density at radius 3 is 2.29 bits per heavy atom. The van der Waals surface area contributed by atoms with E-state index < -0.39 is 0 Å². The molecule has 0 amide bonds. The summed E-state index contributed by atoms with van der Waals surface area (Å²) >= 11 is 0. The molecule has 1 aromatic carbocycles. The van der Waals surface area contributed by atoms with Crippen molar-refractivity contribution >= 4 is 0 Å². The first-order valence-electron chi connectivity index (χ1n) is 6.67. The van der Waals surface area contributed by atoms with Gasteiger partial charge in [0.15, 0.2) is 0 Å². The van der Waals surface area contributed by atoms with Gasteiger partial charge in [0.1, 0.15) is 0 Å². The molecule has 1 aromatic rings. The fourth-order valence-corrected chi connectivity index (χ4v) is 2.57. The third-order valence-corrected chi connectivity index (χ3v) is 3.40. The van der Waals surface area contributed by atoms with E-state index in [4.69, 9.17) is 0 Å². The minimum absolute atomic E-state index is 0.547. The van der Waals surface area contributed by atoms with Gasteiger partial charge in [-0.2, -0.15) is 0 Å². The topological polar surface area (TPSA) is 0 Å². The van der Waals surface area contributed by atoms with Gasteiger partial charge in [-0.05, 0) is 42.5 Å². The lowest BCUT2D eigenvalue weighted by Crippen LogP contribution is -2.12. The summed E-state index contributed by atoms with van der Waals surface area (Å²) in [4.78, 5) is 0. The second-order valence-corrected chi connectivity index (χ2v) is 4.16. The Balaban J connectivity index is 0.000000686. The summed E-state index contributed by atoms with van der Waals surface area (Å²) in [5.74, 6) is 0.547. The summed E-state index contributed by atoms with van der Waals surface area (Å²) in [6, 6.07) is 8.79. The summed E-state index contributed by atoms with van der Waals surface area (Å²) in [6.45, 7) is 10.6. The number of hydrogen-bond acceptors (Lipinski definition) is 0. The second-order valence-electron chi connectivity index (χ2n) is 4.16. The third-order valence-electron chi connectivity index (χ3n) is 3.40. The zero-order valence-corrected chi connectivity index (χ0v) is 11.7. The first-order chi connectivity index (χ1) is 8.27. The van der Waals surface area contributed by atoms with E-state index in [2.05, 4.69) is 57.2 Å². The second kappa shape index (κ2) is 6.44. The van der Waals surface area contributed by atoms with E-state index in [0.29, 0.717) is 5.92 Å². The number of hydrogen-bond donors (Lipinski definition) is 0. The van der Waals surface area contributed by atoms with Crippen LogP contribution in [0.1, 0.15) is 51.7 Å². The van der Waals surface area contributed by atoms with Crippen molar-refractivity contribution in [1.82, 2.24) is 0 Å². The van der Waals surface area contributed by atoms with Crippen molar-refractivity contribution in [2.75, 3.05) is 0 Å². The highest BCUT2D eigenvalue weighted by molar-refractivity contribution is 5.51. The van der Waals surface area contributed by atoms with Crippen LogP contribution in [0, 0.1) is 0 Å². The van der Waals surface area contributed by atoms with Crippen LogP contribution in [0.2, 0.25) is 0 Å². The van der Waals surface area contributed by atoms with E-state index in [0.717, 1.165) is 6.42 Å². The van der Waals surface area contributed by atoms with Gasteiger partial charge < -0.3 is 0 Å². The van der Waals surface area contributed by atoms with Gasteiger partial charge in [-0.15, -0.1) is 0 Å². The van der Waals surface area contributed by atoms with Crippen LogP contribution in [0.15, 0.2) is 47.6 Å². The zero-order valence-electron chi connectivity index (χ0n) is 11.7. The fourth-order valence-electron chi connectivity index (χ4n) is 2.57. The van der Waals surface area contributed by atoms with Crippen LogP contribution in [0.25, 0.3) is 0 Å². The van der Waals surface area contributed by atoms with E-state index in [9.17, 15) is 0 Å². The van der Waals surface area contributed by atoms with Crippen LogP contribution >= 0.6 is 0 Å². The Kier molecular flexibility index (Phi) is 5.21. The van der Waals surface area contributed by atoms with Crippen LogP contribution in [-0.2, 0) is 6.42 Å². The maximum absolute atomic E-state index is 2.30. The maximum atomic E-state index is 2.30. The number of allylic oxidation sites excluding steroid dienone is 4. The molecule has 0 heterocycles. The summed E-state index contributed by atoms with van der Waals surface area (Å²) in [7, 11) is 0. The van der Waals surface area contributed by atoms with Crippen molar-refractivity contribution in [3.8, 4) is 0 Å². The highest BCUT2D eigenvalue weighted by Crippen LogP contribution is 2.38. The van der Waals surface area contributed by atoms with Gasteiger partial charge in [0.2, 0.25) is 0 Å². The molecule has 0 spiro atoms. The molecule has 0 N–H and O–H groups in total. The highest BCUT2D eigenvalue weighted by Gasteiger charge is 2.22. The Bertz CT molecular complexity index is 421. The molecule has 1 aliphatic carbocycles. The summed E-state index contributed by atoms with van der Waals surface area (Å²) in [6.07, 6.45) is 5.61. The number of benzene rings is 1. The van der Waals surface area contributed by atoms with Gasteiger partial charge in [-0.25, -0.2) is 0 Å². The molecule has 0 nitrogen and oxygen atoms in total. The monoisotopic (exact) mass is 228 g/mol. The Morgan fingerprint density at radius 1 is 1.06 bits per heavy atom. The molecule has 0 bridgehead atoms. The molecule has 0 saturated heterocycles. The van der Waals surface area contributed by atoms with Crippen LogP contribution in [-0.4, -0.2) is 0 Å². The molecule has 0 saturated carbocycles. The summed E-state index contributed by atoms with van der Waals surface area (Å²) < 4.78 is 0. The average Bonchev–Trinajstić information content (AvgIpc) is 2.41. The quantitative estimate of drug-likeness (QED) is 0.568. The minimum atomic E-state index is 0.547. The lowest BCUT2D eigenvalue weighted by molar-refractivity contribution is 0.827. The van der Waals surface area contributed by atoms with Gasteiger partial charge >= 0.3 is 0 Å². The smallest absolute Gasteiger partial charge is 0.00633 e. The molecule has 1 atom stereocenters. The minimum Gasteiger partial charge on any atom is -0.0838 e. The molecular weight excluding hydrogens is 204 g/mol. The summed E-state index contributed by atoms with van der Waals surface area (Å²) in [5.41, 5.74) is 5.97. The molecule has 1 unspecified atom stereocenters. The van der Waals surface area contributed by atoms with Crippen LogP contribution in [0.3, 0.4) is 0 Å². The van der Waals surface area contributed by atoms with E-state index >= 15 is 0 Å². The number of rotatable bonds is 0. The normalized spacial score (nSPS) is 23.0. The molecule has 17 heavy (non-hydrogen) atoms. The van der Waals surface area contributed by atoms with Crippen molar-refractivity contribution in [2.24, 2.45) is 0 Å². The molecular formula is C17H24. The van der Waals surface area contributed by atoms with Crippen LogP contribution in [0.4, 0.5) is 0 Å². The lowest BCUT2D eigenvalue weighted by atomic mass is 9.77. The van der Waals surface area contributed by atoms with Crippen LogP contribution < -0.4 is 0 Å². The van der Waals surface area contributed by atoms with Crippen molar-refractivity contribution in [1.29, 1.82) is 0 Å². The maximum Gasteiger partial charge on any atom is 0.00633 e. The lowest BCUT2D eigenvalue weighted by Gasteiger charge is -2.28. The van der Waals surface area contributed by atoms with Crippen molar-refractivity contribution < 1.29 is 0 Å². The first-order valence-corrected chi connectivity index (χ1v) is 6.67. The first kappa shape index (κ1) is 13.8. The standard InChI is InChI=1S/C15H18.C2H6/c1-4-12-10-13-8-6-7-9-15(13)11(3)14(12)5-2;1-2/h4-9,11H,10H2,1-3H3;1-2H3/b12-4-,14-5-;. The summed E-state index contributed by atoms with van der Waals surface area (Å²) in [5, 5.41) is 0. The van der Waals surface area contributed by atoms with E-state index in [-0.39, 0.29) is 0 Å². The molecule has 0 aromatic heterocycles. The Morgan fingerprint density at radius 2 is 1.71 bits per heavy atom. The molecule has 0 heteroatoms. The fraction of sp³-hybridized carbons (Fsp3) is 0.412. The largest absolute Gasteiger partial charge is 0.0838 e. The predicted molar refractivity (Wildman–Crippen MR) is 77.4 cm³/mol. The van der Waals surface area contributed by atoms with Gasteiger partial charge in [-0.1, -0.05) is 57.2 Å². The average molecular weight is 228 g/mol. The predicted octanol–water partition coefficient (Wildman–Crippen LogP) is 5.27. The van der Waals surface area contributed by atoms with Crippen molar-refractivity contribution in [2.45, 2.75) is 47.0 Å². The SMILES string of the molecule is C/C=C1/Cc2ccccc2C(C)/C1=C/C.CC. The Hall–Kier alpha value is -1.30. The molecule has 0 aliphatic heterocycles. The third kappa shape index (κ3) is 2.69. The van der Waals surface area contributed by atoms with Crippen molar-refractivity contribution in [3.63, 3.8) is 0 Å². The molecule has 0 radical (unpaired) electrons. The van der Waals surface area contributed by atoms with Gasteiger partial charge in [0.25, 0.3) is 0 Å². The highest BCUT2D eigenvalue weighted by atomic mass is 14.3. The molecule has 0 fully saturated rings. The van der Waals surface area contributed by atoms with Crippen LogP contribution in [0.5, 0.6) is 0 Å². The van der Waals surface area contributed by atoms with Crippen molar-refractivity contribution in [3.05, 3.63) is 58.7 Å². The van der Waals surface area contributed by atoms with Gasteiger partial charge in [0.05, 0.1) is 0 Å².